The third-order valence-corrected chi connectivity index (χ3v) is 25.4. The molecule has 1 aliphatic carbocycles. The van der Waals surface area contributed by atoms with E-state index in [4.69, 9.17) is 9.47 Å². The minimum atomic E-state index is -3.38. The van der Waals surface area contributed by atoms with E-state index in [0.717, 1.165) is 149 Å². The Morgan fingerprint density at radius 1 is 0.420 bits per heavy atom. The standard InChI is InChI=1S/C20H18N2O2.C14H22N2O2S.C13H18N2O.C12H15NO.C11H17NO2S.C11H15NO2.2C10H14N2O.C9H11NO2S.CH3I/c1-15-6-5-7-17(14-15)22-20(23)21-16-10-12-19(13-11-16)24-18-8-3-2-4-9-18;1-13-5-7-14(8-6-13)15(2)19(17,18)12-11-16-9-3-4-10-16;1-3-7-14-13(16)15-8-6-11-9-10(2)4-5-12(11)15;1-9-5-7-11(8-6-9)13-12(14)10-3-2-4-10;1-3-4-9-15(13,14)12-11-7-5-10(2)6-8-11;1-3-8-14-11(13)12-10-6-4-9(2)5-7-10;1-3-11-10(13)12-9-6-4-8(2)5-7-9;1-3-11-10(13)12-9-6-4-5-8(2)7-9;1-3-13(11,12)10-9-6-4-5-8(2)7-9;1-2/h2-14H,1H3,(H2,21,22,23);5-8H,3-4,9-12H2,1-2H3;4-5,9H,3,6-8H2,1-2H3,(H,14,16);5-8,10H,2-4H2,1H3,(H,13,14);5-8,12H,3-4,9H2,1-2H3;4-7H,3,8H2,1-2H3,(H,12,13);2*4-7H,3H2,1-2H3,(H2,11,12,13);3-7,10H,1H2,2H3;1H3. The van der Waals surface area contributed by atoms with Gasteiger partial charge in [-0.1, -0.05) is 224 Å². The van der Waals surface area contributed by atoms with Crippen LogP contribution in [0, 0.1) is 68.2 Å². The van der Waals surface area contributed by atoms with Crippen molar-refractivity contribution in [3.63, 3.8) is 0 Å². The Balaban J connectivity index is 0.000000285. The maximum absolute atomic E-state index is 12.3. The van der Waals surface area contributed by atoms with Crippen molar-refractivity contribution >= 4 is 146 Å². The van der Waals surface area contributed by atoms with Crippen LogP contribution in [0.1, 0.15) is 148 Å². The van der Waals surface area contributed by atoms with Gasteiger partial charge in [-0.15, -0.1) is 0 Å². The molecule has 2 fully saturated rings. The number of rotatable bonds is 28. The zero-order valence-electron chi connectivity index (χ0n) is 85.6. The van der Waals surface area contributed by atoms with Crippen LogP contribution in [0.25, 0.3) is 0 Å². The smallest absolute Gasteiger partial charge is 0.411 e. The largest absolute Gasteiger partial charge is 0.457 e. The predicted octanol–water partition coefficient (Wildman–Crippen LogP) is 25.2. The van der Waals surface area contributed by atoms with E-state index in [2.05, 4.69) is 117 Å². The molecule has 11 aromatic carbocycles. The molecule has 14 rings (SSSR count). The van der Waals surface area contributed by atoms with Gasteiger partial charge in [-0.3, -0.25) is 28.8 Å². The zero-order valence-corrected chi connectivity index (χ0v) is 90.2. The first-order chi connectivity index (χ1) is 68.4. The first-order valence-electron chi connectivity index (χ1n) is 48.0. The number of halogens is 1. The van der Waals surface area contributed by atoms with Gasteiger partial charge in [0.2, 0.25) is 26.0 Å². The van der Waals surface area contributed by atoms with Gasteiger partial charge in [0.15, 0.2) is 0 Å². The normalized spacial score (nSPS) is 11.9. The molecule has 1 saturated carbocycles. The van der Waals surface area contributed by atoms with Gasteiger partial charge < -0.3 is 56.9 Å². The van der Waals surface area contributed by atoms with Gasteiger partial charge in [0.25, 0.3) is 10.0 Å². The zero-order chi connectivity index (χ0) is 105. The first kappa shape index (κ1) is 120. The summed E-state index contributed by atoms with van der Waals surface area (Å²) in [4.78, 5) is 74.8. The van der Waals surface area contributed by atoms with E-state index in [1.165, 1.54) is 45.8 Å². The van der Waals surface area contributed by atoms with Crippen LogP contribution in [0.5, 0.6) is 11.5 Å². The molecule has 2 aliphatic heterocycles. The third-order valence-electron chi connectivity index (χ3n) is 21.3. The number of benzene rings is 11. The lowest BCUT2D eigenvalue weighted by Gasteiger charge is -2.24. The topological polar surface area (TPSA) is 365 Å². The van der Waals surface area contributed by atoms with E-state index in [1.54, 1.807) is 49.5 Å². The maximum Gasteiger partial charge on any atom is 0.411 e. The van der Waals surface area contributed by atoms with Gasteiger partial charge >= 0.3 is 30.2 Å². The van der Waals surface area contributed by atoms with Crippen molar-refractivity contribution in [1.29, 1.82) is 0 Å². The lowest BCUT2D eigenvalue weighted by molar-refractivity contribution is -0.122. The Labute approximate surface area is 863 Å². The summed E-state index contributed by atoms with van der Waals surface area (Å²) in [5.41, 5.74) is 19.3. The molecule has 0 spiro atoms. The summed E-state index contributed by atoms with van der Waals surface area (Å²) in [6.45, 7) is 36.9. The number of alkyl halides is 1. The molecule has 0 bridgehead atoms. The number of hydrogen-bond donors (Lipinski definition) is 11. The van der Waals surface area contributed by atoms with Crippen LogP contribution in [0.15, 0.2) is 279 Å². The van der Waals surface area contributed by atoms with Gasteiger partial charge in [-0.05, 0) is 307 Å². The molecule has 10 amide bonds. The van der Waals surface area contributed by atoms with E-state index in [1.807, 2.05) is 305 Å². The van der Waals surface area contributed by atoms with Crippen molar-refractivity contribution in [2.75, 3.05) is 126 Å². The number of para-hydroxylation sites is 1. The highest BCUT2D eigenvalue weighted by Gasteiger charge is 2.27. The Morgan fingerprint density at radius 3 is 1.31 bits per heavy atom. The number of carbonyl (C=O) groups excluding carboxylic acids is 6. The molecule has 143 heavy (non-hydrogen) atoms. The average Bonchev–Trinajstić information content (AvgIpc) is 1.65. The van der Waals surface area contributed by atoms with Gasteiger partial charge in [0, 0.05) is 102 Å². The third kappa shape index (κ3) is 49.8. The minimum Gasteiger partial charge on any atom is -0.457 e. The Bertz CT molecular complexity index is 6030. The SMILES string of the molecule is C=CS(=O)(=O)Nc1cccc(C)c1.CCCCS(=O)(=O)Nc1ccc(C)cc1.CCCNC(=O)N1CCc2cc(C)ccc21.CCCOC(=O)Nc1ccc(C)cc1.CCNC(=O)Nc1ccc(C)cc1.CCNC(=O)Nc1cccc(C)c1.CI.Cc1ccc(N(C)S(=O)(=O)CCN2CCCC2)cc1.Cc1ccc(NC(=O)C2CCC2)cc1.Cc1cccc(NC(=O)Nc2ccc(Oc3ccccc3)cc2)c1. The summed E-state index contributed by atoms with van der Waals surface area (Å²) < 4.78 is 86.6. The summed E-state index contributed by atoms with van der Waals surface area (Å²) in [5.74, 6) is 2.31. The molecule has 770 valence electrons. The van der Waals surface area contributed by atoms with E-state index >= 15 is 0 Å². The van der Waals surface area contributed by atoms with E-state index in [-0.39, 0.29) is 47.5 Å². The second-order valence-electron chi connectivity index (χ2n) is 34.0. The highest BCUT2D eigenvalue weighted by atomic mass is 127. The van der Waals surface area contributed by atoms with E-state index in [9.17, 15) is 54.0 Å². The highest BCUT2D eigenvalue weighted by molar-refractivity contribution is 14.1. The number of nitrogens with zero attached hydrogens (tertiary/aromatic N) is 3. The molecule has 0 aromatic heterocycles. The van der Waals surface area contributed by atoms with Crippen molar-refractivity contribution in [3.8, 4) is 11.5 Å². The molecule has 0 unspecified atom stereocenters. The van der Waals surface area contributed by atoms with Gasteiger partial charge in [-0.25, -0.2) is 49.2 Å². The number of urea groups is 4. The van der Waals surface area contributed by atoms with E-state index < -0.39 is 36.2 Å². The van der Waals surface area contributed by atoms with Crippen molar-refractivity contribution in [2.45, 2.75) is 161 Å². The van der Waals surface area contributed by atoms with Crippen molar-refractivity contribution in [2.24, 2.45) is 5.92 Å². The number of sulfonamides is 3. The summed E-state index contributed by atoms with van der Waals surface area (Å²) >= 11 is 2.15. The Hall–Kier alpha value is -13.3. The minimum absolute atomic E-state index is 0.0319. The molecule has 3 aliphatic rings. The van der Waals surface area contributed by atoms with Crippen LogP contribution >= 0.6 is 22.6 Å². The first-order valence-corrected chi connectivity index (χ1v) is 55.0. The van der Waals surface area contributed by atoms with Gasteiger partial charge in [0.1, 0.15) is 11.5 Å². The number of hydrogen-bond acceptors (Lipinski definition) is 15. The van der Waals surface area contributed by atoms with Crippen LogP contribution in [0.4, 0.5) is 80.8 Å². The molecule has 2 heterocycles. The number of nitrogens with one attached hydrogen (secondary N) is 11. The van der Waals surface area contributed by atoms with Crippen molar-refractivity contribution < 1.29 is 63.5 Å². The lowest BCUT2D eigenvalue weighted by Crippen LogP contribution is -2.39. The number of anilines is 10. The fourth-order valence-corrected chi connectivity index (χ4v) is 16.3. The second-order valence-corrected chi connectivity index (χ2v) is 39.5. The quantitative estimate of drug-likeness (QED) is 0.0160. The van der Waals surface area contributed by atoms with Gasteiger partial charge in [0.05, 0.1) is 23.8 Å². The number of fused-ring (bicyclic) bond motifs is 1. The Morgan fingerprint density at radius 2 is 0.846 bits per heavy atom. The molecule has 1 saturated heterocycles. The summed E-state index contributed by atoms with van der Waals surface area (Å²) in [6, 6.07) is 83.0. The maximum atomic E-state index is 12.3. The number of aryl methyl sites for hydroxylation is 9. The summed E-state index contributed by atoms with van der Waals surface area (Å²) in [5, 5.41) is 25.8. The summed E-state index contributed by atoms with van der Waals surface area (Å²) in [6.07, 6.45) is 9.65. The number of carbonyl (C=O) groups is 6. The molecule has 28 nitrogen and oxygen atoms in total. The van der Waals surface area contributed by atoms with Crippen LogP contribution in [0.3, 0.4) is 0 Å². The van der Waals surface area contributed by atoms with Gasteiger partial charge in [-0.2, -0.15) is 0 Å². The molecular weight excluding hydrogens is 1980 g/mol. The highest BCUT2D eigenvalue weighted by Crippen LogP contribution is 2.31. The fraction of sp³-hybridized carbons (Fsp3) is 0.333. The molecule has 11 N–H and O–H groups in total. The molecular formula is C111H147IN14O14S3. The van der Waals surface area contributed by atoms with E-state index in [0.29, 0.717) is 55.5 Å². The van der Waals surface area contributed by atoms with Crippen LogP contribution in [-0.2, 0) is 46.0 Å². The Kier molecular flexibility index (Phi) is 55.3. The summed E-state index contributed by atoms with van der Waals surface area (Å²) in [7, 11) is -8.13. The number of unbranched alkanes of at least 4 members (excludes halogenated alkanes) is 1. The average molecular weight is 2120 g/mol. The van der Waals surface area contributed by atoms with Crippen LogP contribution < -0.4 is 71.2 Å². The van der Waals surface area contributed by atoms with Crippen molar-refractivity contribution in [3.05, 3.63) is 335 Å². The number of amides is 10. The second kappa shape index (κ2) is 65.7. The lowest BCUT2D eigenvalue weighted by atomic mass is 9.85. The monoisotopic (exact) mass is 2120 g/mol. The number of ether oxygens (including phenoxy) is 2. The van der Waals surface area contributed by atoms with Crippen LogP contribution in [-0.4, -0.2) is 142 Å². The van der Waals surface area contributed by atoms with Crippen molar-refractivity contribution in [1.82, 2.24) is 20.9 Å². The molecule has 32 heteroatoms. The molecule has 0 atom stereocenters. The molecule has 11 aromatic rings. The predicted molar refractivity (Wildman–Crippen MR) is 600 cm³/mol. The van der Waals surface area contributed by atoms with Crippen LogP contribution in [0.2, 0.25) is 0 Å². The number of likely N-dealkylation sites (tertiary alicyclic amines) is 1. The fourth-order valence-electron chi connectivity index (χ4n) is 13.3. The molecule has 0 radical (unpaired) electrons.